The maximum Gasteiger partial charge on any atom is 0.315 e. The fourth-order valence-electron chi connectivity index (χ4n) is 5.20. The number of unbranched alkanes of at least 4 members (excludes halogenated alkanes) is 14. The fraction of sp³-hybridized carbons (Fsp3) is 0.824. The highest BCUT2D eigenvalue weighted by atomic mass is 16.6. The molecule has 1 aliphatic rings. The number of rotatable bonds is 27. The van der Waals surface area contributed by atoms with Gasteiger partial charge in [0.2, 0.25) is 0 Å². The van der Waals surface area contributed by atoms with Crippen molar-refractivity contribution < 1.29 is 43.2 Å². The topological polar surface area (TPSA) is 125 Å². The van der Waals surface area contributed by atoms with Gasteiger partial charge >= 0.3 is 23.9 Å². The lowest BCUT2D eigenvalue weighted by molar-refractivity contribution is -0.177. The summed E-state index contributed by atoms with van der Waals surface area (Å²) >= 11 is 0. The lowest BCUT2D eigenvalue weighted by Crippen LogP contribution is -2.46. The maximum atomic E-state index is 13.1. The fourth-order valence-corrected chi connectivity index (χ4v) is 5.20. The lowest BCUT2D eigenvalue weighted by atomic mass is 9.88. The third kappa shape index (κ3) is 17.3. The van der Waals surface area contributed by atoms with Crippen LogP contribution in [-0.4, -0.2) is 47.8 Å². The molecule has 0 saturated carbocycles. The van der Waals surface area contributed by atoms with E-state index < -0.39 is 55.2 Å². The van der Waals surface area contributed by atoms with E-state index in [9.17, 15) is 19.2 Å². The summed E-state index contributed by atoms with van der Waals surface area (Å²) in [6.07, 6.45) is 16.2. The smallest absolute Gasteiger partial charge is 0.315 e. The molecule has 9 heteroatoms. The van der Waals surface area contributed by atoms with E-state index in [0.717, 1.165) is 96.3 Å². The van der Waals surface area contributed by atoms with Crippen LogP contribution in [0.4, 0.5) is 0 Å². The van der Waals surface area contributed by atoms with Gasteiger partial charge in [-0.3, -0.25) is 19.2 Å². The Balaban J connectivity index is 3.16. The number of carboxylic acid groups (broad SMARTS) is 1. The van der Waals surface area contributed by atoms with E-state index in [4.69, 9.17) is 24.1 Å². The predicted octanol–water partition coefficient (Wildman–Crippen LogP) is 8.32. The molecule has 1 rings (SSSR count). The van der Waals surface area contributed by atoms with Gasteiger partial charge in [0.1, 0.15) is 5.76 Å². The monoisotopic (exact) mass is 610 g/mol. The largest absolute Gasteiger partial charge is 0.490 e. The average Bonchev–Trinajstić information content (AvgIpc) is 2.96. The van der Waals surface area contributed by atoms with Gasteiger partial charge in [0.25, 0.3) is 0 Å². The highest BCUT2D eigenvalue weighted by molar-refractivity contribution is 5.81. The molecule has 1 heterocycles. The van der Waals surface area contributed by atoms with Gasteiger partial charge in [-0.15, -0.1) is 0 Å². The molecule has 0 aliphatic carbocycles. The number of cyclic esters (lactones) is 1. The van der Waals surface area contributed by atoms with Crippen molar-refractivity contribution in [3.8, 4) is 0 Å². The van der Waals surface area contributed by atoms with Gasteiger partial charge in [0.05, 0.1) is 38.9 Å². The molecule has 0 aromatic carbocycles. The first-order chi connectivity index (χ1) is 20.8. The molecule has 248 valence electrons. The Kier molecular flexibility index (Phi) is 21.3. The van der Waals surface area contributed by atoms with Crippen molar-refractivity contribution in [2.24, 2.45) is 0 Å². The molecule has 1 aliphatic heterocycles. The zero-order valence-corrected chi connectivity index (χ0v) is 27.2. The molecular weight excluding hydrogens is 552 g/mol. The van der Waals surface area contributed by atoms with E-state index in [1.807, 2.05) is 0 Å². The van der Waals surface area contributed by atoms with E-state index >= 15 is 0 Å². The number of aliphatic carboxylic acids is 1. The summed E-state index contributed by atoms with van der Waals surface area (Å²) < 4.78 is 23.3. The van der Waals surface area contributed by atoms with Crippen molar-refractivity contribution in [1.29, 1.82) is 0 Å². The Morgan fingerprint density at radius 2 is 1.26 bits per heavy atom. The van der Waals surface area contributed by atoms with Gasteiger partial charge in [-0.25, -0.2) is 0 Å². The molecule has 1 N–H and O–H groups in total. The first-order valence-corrected chi connectivity index (χ1v) is 16.9. The van der Waals surface area contributed by atoms with E-state index in [0.29, 0.717) is 13.0 Å². The molecule has 0 amide bonds. The highest BCUT2D eigenvalue weighted by Gasteiger charge is 2.50. The minimum atomic E-state index is -1.73. The second-order valence-electron chi connectivity index (χ2n) is 11.7. The molecule has 9 nitrogen and oxygen atoms in total. The van der Waals surface area contributed by atoms with Crippen LogP contribution in [-0.2, 0) is 38.1 Å². The molecule has 0 spiro atoms. The second kappa shape index (κ2) is 23.8. The van der Waals surface area contributed by atoms with Crippen LogP contribution in [0.2, 0.25) is 0 Å². The summed E-state index contributed by atoms with van der Waals surface area (Å²) in [7, 11) is 0. The molecule has 0 aromatic rings. The number of hydrogen-bond donors (Lipinski definition) is 1. The molecule has 1 unspecified atom stereocenters. The summed E-state index contributed by atoms with van der Waals surface area (Å²) in [4.78, 5) is 50.1. The Morgan fingerprint density at radius 3 is 1.84 bits per heavy atom. The third-order valence-electron chi connectivity index (χ3n) is 7.63. The lowest BCUT2D eigenvalue weighted by Gasteiger charge is -2.37. The zero-order valence-electron chi connectivity index (χ0n) is 27.2. The van der Waals surface area contributed by atoms with Crippen LogP contribution in [0, 0.1) is 0 Å². The zero-order chi connectivity index (χ0) is 31.8. The van der Waals surface area contributed by atoms with Gasteiger partial charge in [-0.1, -0.05) is 111 Å². The highest BCUT2D eigenvalue weighted by Crippen LogP contribution is 2.40. The molecule has 0 radical (unpaired) electrons. The van der Waals surface area contributed by atoms with Gasteiger partial charge in [-0.05, 0) is 19.3 Å². The molecule has 0 saturated heterocycles. The standard InChI is InChI=1S/C34H58O9/c1-4-7-10-13-16-19-24-40-31(38)26-34(43-30(37)23-22-29(35)36)27-32(39)42-28(21-18-15-12-9-6-3)33(34)41-25-20-17-14-11-8-5-2/h4-27H2,1-3H3,(H,35,36). The van der Waals surface area contributed by atoms with Crippen LogP contribution in [0.1, 0.15) is 162 Å². The van der Waals surface area contributed by atoms with Crippen LogP contribution < -0.4 is 0 Å². The third-order valence-corrected chi connectivity index (χ3v) is 7.63. The quantitative estimate of drug-likeness (QED) is 0.0555. The number of esters is 3. The van der Waals surface area contributed by atoms with Crippen LogP contribution >= 0.6 is 0 Å². The molecular formula is C34H58O9. The Hall–Kier alpha value is -2.58. The normalized spacial score (nSPS) is 16.6. The minimum absolute atomic E-state index is 0.191. The summed E-state index contributed by atoms with van der Waals surface area (Å²) in [6, 6.07) is 0. The van der Waals surface area contributed by atoms with Gasteiger partial charge in [0.15, 0.2) is 11.4 Å². The first kappa shape index (κ1) is 38.4. The molecule has 0 fully saturated rings. The number of carbonyl (C=O) groups excluding carboxylic acids is 3. The second-order valence-corrected chi connectivity index (χ2v) is 11.7. The summed E-state index contributed by atoms with van der Waals surface area (Å²) in [5.41, 5.74) is -1.73. The minimum Gasteiger partial charge on any atom is -0.490 e. The van der Waals surface area contributed by atoms with E-state index in [1.54, 1.807) is 0 Å². The van der Waals surface area contributed by atoms with Crippen LogP contribution in [0.3, 0.4) is 0 Å². The number of carbonyl (C=O) groups is 4. The van der Waals surface area contributed by atoms with Gasteiger partial charge in [-0.2, -0.15) is 0 Å². The van der Waals surface area contributed by atoms with Gasteiger partial charge in [0, 0.05) is 6.42 Å². The van der Waals surface area contributed by atoms with E-state index in [1.165, 1.54) is 12.8 Å². The molecule has 0 aromatic heterocycles. The van der Waals surface area contributed by atoms with Crippen molar-refractivity contribution in [2.45, 2.75) is 168 Å². The SMILES string of the molecule is CCCCCCCCOC(=O)CC1(OC(=O)CCC(=O)O)CC(=O)OC(CCCCCCC)=C1OCCCCCCCC. The first-order valence-electron chi connectivity index (χ1n) is 16.9. The number of ether oxygens (including phenoxy) is 4. The Labute approximate surface area is 259 Å². The summed E-state index contributed by atoms with van der Waals surface area (Å²) in [6.45, 7) is 7.02. The summed E-state index contributed by atoms with van der Waals surface area (Å²) in [5.74, 6) is -2.70. The average molecular weight is 611 g/mol. The molecule has 0 bridgehead atoms. The Bertz CT molecular complexity index is 851. The number of carboxylic acids is 1. The predicted molar refractivity (Wildman–Crippen MR) is 165 cm³/mol. The van der Waals surface area contributed by atoms with Gasteiger partial charge < -0.3 is 24.1 Å². The van der Waals surface area contributed by atoms with Crippen molar-refractivity contribution >= 4 is 23.9 Å². The number of allylic oxidation sites excluding steroid dienone is 1. The van der Waals surface area contributed by atoms with Crippen molar-refractivity contribution in [3.05, 3.63) is 11.5 Å². The van der Waals surface area contributed by atoms with E-state index in [2.05, 4.69) is 20.8 Å². The molecule has 43 heavy (non-hydrogen) atoms. The Morgan fingerprint density at radius 1 is 0.721 bits per heavy atom. The summed E-state index contributed by atoms with van der Waals surface area (Å²) in [5, 5.41) is 9.09. The van der Waals surface area contributed by atoms with Crippen LogP contribution in [0.25, 0.3) is 0 Å². The van der Waals surface area contributed by atoms with Crippen LogP contribution in [0.15, 0.2) is 11.5 Å². The van der Waals surface area contributed by atoms with Crippen molar-refractivity contribution in [1.82, 2.24) is 0 Å². The van der Waals surface area contributed by atoms with E-state index in [-0.39, 0.29) is 18.1 Å². The number of hydrogen-bond acceptors (Lipinski definition) is 8. The maximum absolute atomic E-state index is 13.1. The van der Waals surface area contributed by atoms with Crippen molar-refractivity contribution in [3.63, 3.8) is 0 Å². The van der Waals surface area contributed by atoms with Crippen molar-refractivity contribution in [2.75, 3.05) is 13.2 Å². The molecule has 1 atom stereocenters. The van der Waals surface area contributed by atoms with Crippen LogP contribution in [0.5, 0.6) is 0 Å².